The minimum atomic E-state index is -3.55. The number of hydrogen-bond acceptors (Lipinski definition) is 8. The predicted molar refractivity (Wildman–Crippen MR) is 97.3 cm³/mol. The van der Waals surface area contributed by atoms with Crippen LogP contribution in [-0.4, -0.2) is 47.8 Å². The Kier molecular flexibility index (Phi) is 9.18. The van der Waals surface area contributed by atoms with E-state index in [1.165, 1.54) is 0 Å². The largest absolute Gasteiger partial charge is 0.398 e. The quantitative estimate of drug-likeness (QED) is 0.450. The van der Waals surface area contributed by atoms with Gasteiger partial charge in [-0.1, -0.05) is 13.3 Å². The van der Waals surface area contributed by atoms with E-state index in [1.807, 2.05) is 18.7 Å². The molecule has 0 saturated heterocycles. The molecule has 0 unspecified atom stereocenters. The Bertz CT molecular complexity index is 530. The van der Waals surface area contributed by atoms with Crippen LogP contribution in [0.3, 0.4) is 0 Å². The minimum Gasteiger partial charge on any atom is -0.354 e. The van der Waals surface area contributed by atoms with Gasteiger partial charge >= 0.3 is 7.60 Å². The molecule has 0 radical (unpaired) electrons. The summed E-state index contributed by atoms with van der Waals surface area (Å²) in [6.45, 7) is 12.4. The Morgan fingerprint density at radius 2 is 1.62 bits per heavy atom. The maximum Gasteiger partial charge on any atom is 0.398 e. The van der Waals surface area contributed by atoms with Crippen molar-refractivity contribution in [3.63, 3.8) is 0 Å². The summed E-state index contributed by atoms with van der Waals surface area (Å²) in [5.41, 5.74) is 0.0575. The van der Waals surface area contributed by atoms with E-state index in [1.54, 1.807) is 13.8 Å². The van der Waals surface area contributed by atoms with E-state index in [9.17, 15) is 4.57 Å². The van der Waals surface area contributed by atoms with Crippen molar-refractivity contribution in [1.29, 1.82) is 0 Å². The fraction of sp³-hybridized carbons (Fsp3) is 0.800. The first kappa shape index (κ1) is 20.8. The highest BCUT2D eigenvalue weighted by Crippen LogP contribution is 2.45. The molecule has 1 rings (SSSR count). The molecule has 0 aromatic carbocycles. The van der Waals surface area contributed by atoms with Crippen LogP contribution in [0.25, 0.3) is 0 Å². The lowest BCUT2D eigenvalue weighted by Crippen LogP contribution is -2.29. The topological polar surface area (TPSA) is 89.5 Å². The zero-order valence-corrected chi connectivity index (χ0v) is 16.3. The van der Waals surface area contributed by atoms with Crippen LogP contribution in [0.2, 0.25) is 0 Å². The van der Waals surface area contributed by atoms with Gasteiger partial charge in [-0.2, -0.15) is 15.0 Å². The van der Waals surface area contributed by atoms with E-state index >= 15 is 0 Å². The average Bonchev–Trinajstić information content (AvgIpc) is 2.56. The molecule has 1 aromatic rings. The molecule has 0 aliphatic carbocycles. The van der Waals surface area contributed by atoms with Crippen LogP contribution in [0.1, 0.15) is 47.5 Å². The minimum absolute atomic E-state index is 0.0575. The Labute approximate surface area is 144 Å². The number of aromatic nitrogens is 3. The summed E-state index contributed by atoms with van der Waals surface area (Å²) in [4.78, 5) is 15.1. The van der Waals surface area contributed by atoms with E-state index in [0.29, 0.717) is 11.9 Å². The predicted octanol–water partition coefficient (Wildman–Crippen LogP) is 2.82. The molecule has 0 bridgehead atoms. The van der Waals surface area contributed by atoms with Gasteiger partial charge in [0.2, 0.25) is 17.5 Å². The molecule has 0 atom stereocenters. The summed E-state index contributed by atoms with van der Waals surface area (Å²) in [6, 6.07) is 0. The molecule has 0 spiro atoms. The smallest absolute Gasteiger partial charge is 0.354 e. The Hall–Kier alpha value is -1.24. The van der Waals surface area contributed by atoms with E-state index in [-0.39, 0.29) is 18.8 Å². The second kappa shape index (κ2) is 10.6. The van der Waals surface area contributed by atoms with Crippen LogP contribution in [-0.2, 0) is 13.6 Å². The van der Waals surface area contributed by atoms with E-state index in [0.717, 1.165) is 32.5 Å². The summed E-state index contributed by atoms with van der Waals surface area (Å²) in [6.07, 6.45) is 2.06. The van der Waals surface area contributed by atoms with Crippen LogP contribution in [0.5, 0.6) is 0 Å². The molecule has 0 aliphatic heterocycles. The SMILES string of the molecule is CCCCNc1nc(N(CC)CC)nc(P(=O)(OCC)OCC)n1. The van der Waals surface area contributed by atoms with Gasteiger partial charge in [0.25, 0.3) is 0 Å². The van der Waals surface area contributed by atoms with Crippen LogP contribution in [0, 0.1) is 0 Å². The molecular weight excluding hydrogens is 329 g/mol. The van der Waals surface area contributed by atoms with Crippen molar-refractivity contribution >= 4 is 25.1 Å². The summed E-state index contributed by atoms with van der Waals surface area (Å²) in [5, 5.41) is 3.16. The van der Waals surface area contributed by atoms with Crippen molar-refractivity contribution in [2.75, 3.05) is 43.1 Å². The van der Waals surface area contributed by atoms with Gasteiger partial charge in [-0.05, 0) is 34.1 Å². The Morgan fingerprint density at radius 3 is 2.12 bits per heavy atom. The molecule has 8 nitrogen and oxygen atoms in total. The van der Waals surface area contributed by atoms with E-state index in [2.05, 4.69) is 27.2 Å². The molecule has 0 fully saturated rings. The molecule has 0 saturated carbocycles. The molecule has 0 amide bonds. The number of nitrogens with zero attached hydrogens (tertiary/aromatic N) is 4. The van der Waals surface area contributed by atoms with Crippen LogP contribution in [0.4, 0.5) is 11.9 Å². The second-order valence-electron chi connectivity index (χ2n) is 5.04. The standard InChI is InChI=1S/C15H30N5O3P/c1-6-11-12-16-13-17-14(20(7-2)8-3)19-15(18-13)24(21,22-9-4)23-10-5/h6-12H2,1-5H3,(H,16,17,18,19). The highest BCUT2D eigenvalue weighted by Gasteiger charge is 2.32. The lowest BCUT2D eigenvalue weighted by molar-refractivity contribution is 0.228. The summed E-state index contributed by atoms with van der Waals surface area (Å²) in [5.74, 6) is 0.874. The number of nitrogens with one attached hydrogen (secondary N) is 1. The van der Waals surface area contributed by atoms with Gasteiger partial charge in [0.1, 0.15) is 0 Å². The van der Waals surface area contributed by atoms with Crippen LogP contribution in [0.15, 0.2) is 0 Å². The van der Waals surface area contributed by atoms with E-state index < -0.39 is 7.60 Å². The van der Waals surface area contributed by atoms with Gasteiger partial charge in [0.15, 0.2) is 0 Å². The van der Waals surface area contributed by atoms with Crippen LogP contribution >= 0.6 is 7.60 Å². The molecule has 24 heavy (non-hydrogen) atoms. The Balaban J connectivity index is 3.27. The maximum atomic E-state index is 13.0. The van der Waals surface area contributed by atoms with Crippen molar-refractivity contribution in [3.8, 4) is 0 Å². The molecule has 138 valence electrons. The van der Waals surface area contributed by atoms with Crippen molar-refractivity contribution in [1.82, 2.24) is 15.0 Å². The molecular formula is C15H30N5O3P. The number of hydrogen-bond donors (Lipinski definition) is 1. The molecule has 0 aliphatic rings. The second-order valence-corrected chi connectivity index (χ2v) is 6.96. The number of rotatable bonds is 12. The third-order valence-electron chi connectivity index (χ3n) is 3.31. The highest BCUT2D eigenvalue weighted by atomic mass is 31.2. The first-order valence-corrected chi connectivity index (χ1v) is 10.2. The molecule has 1 heterocycles. The zero-order valence-electron chi connectivity index (χ0n) is 15.4. The van der Waals surface area contributed by atoms with Gasteiger partial charge in [0.05, 0.1) is 13.2 Å². The first-order valence-electron chi connectivity index (χ1n) is 8.69. The van der Waals surface area contributed by atoms with Gasteiger partial charge in [0, 0.05) is 19.6 Å². The van der Waals surface area contributed by atoms with Crippen molar-refractivity contribution < 1.29 is 13.6 Å². The summed E-state index contributed by atoms with van der Waals surface area (Å²) < 4.78 is 23.8. The average molecular weight is 359 g/mol. The fourth-order valence-corrected chi connectivity index (χ4v) is 3.49. The zero-order chi connectivity index (χ0) is 18.0. The Morgan fingerprint density at radius 1 is 1.00 bits per heavy atom. The fourth-order valence-electron chi connectivity index (χ4n) is 2.07. The lowest BCUT2D eigenvalue weighted by Gasteiger charge is -2.21. The number of unbranched alkanes of at least 4 members (excludes halogenated alkanes) is 1. The van der Waals surface area contributed by atoms with Gasteiger partial charge < -0.3 is 19.3 Å². The van der Waals surface area contributed by atoms with E-state index in [4.69, 9.17) is 9.05 Å². The summed E-state index contributed by atoms with van der Waals surface area (Å²) >= 11 is 0. The lowest BCUT2D eigenvalue weighted by atomic mass is 10.3. The number of anilines is 2. The molecule has 9 heteroatoms. The monoisotopic (exact) mass is 359 g/mol. The highest BCUT2D eigenvalue weighted by molar-refractivity contribution is 7.61. The van der Waals surface area contributed by atoms with Gasteiger partial charge in [-0.3, -0.25) is 4.57 Å². The van der Waals surface area contributed by atoms with Crippen molar-refractivity contribution in [3.05, 3.63) is 0 Å². The van der Waals surface area contributed by atoms with Gasteiger partial charge in [-0.25, -0.2) is 0 Å². The molecule has 1 aromatic heterocycles. The van der Waals surface area contributed by atoms with Crippen LogP contribution < -0.4 is 15.8 Å². The van der Waals surface area contributed by atoms with Crippen molar-refractivity contribution in [2.24, 2.45) is 0 Å². The molecule has 1 N–H and O–H groups in total. The third-order valence-corrected chi connectivity index (χ3v) is 5.20. The summed E-state index contributed by atoms with van der Waals surface area (Å²) in [7, 11) is -3.55. The maximum absolute atomic E-state index is 13.0. The third kappa shape index (κ3) is 5.69. The first-order chi connectivity index (χ1) is 11.5. The normalized spacial score (nSPS) is 11.5. The van der Waals surface area contributed by atoms with Gasteiger partial charge in [-0.15, -0.1) is 0 Å². The van der Waals surface area contributed by atoms with Crippen molar-refractivity contribution in [2.45, 2.75) is 47.5 Å².